The highest BCUT2D eigenvalue weighted by Crippen LogP contribution is 2.37. The molecule has 0 radical (unpaired) electrons. The Morgan fingerprint density at radius 3 is 2.81 bits per heavy atom. The van der Waals surface area contributed by atoms with Crippen LogP contribution in [0.15, 0.2) is 53.7 Å². The third-order valence-electron chi connectivity index (χ3n) is 6.23. The molecule has 3 aliphatic heterocycles. The second-order valence-corrected chi connectivity index (χ2v) is 8.19. The van der Waals surface area contributed by atoms with Crippen molar-refractivity contribution in [3.05, 3.63) is 76.0 Å². The molecule has 0 spiro atoms. The van der Waals surface area contributed by atoms with Crippen molar-refractivity contribution >= 4 is 23.6 Å². The van der Waals surface area contributed by atoms with E-state index in [1.54, 1.807) is 4.90 Å². The summed E-state index contributed by atoms with van der Waals surface area (Å²) in [6, 6.07) is 12.7. The summed E-state index contributed by atoms with van der Waals surface area (Å²) < 4.78 is 5.29. The number of anilines is 1. The van der Waals surface area contributed by atoms with E-state index in [2.05, 4.69) is 5.32 Å². The number of aryl methyl sites for hydroxylation is 2. The van der Waals surface area contributed by atoms with E-state index in [1.165, 1.54) is 4.90 Å². The Bertz CT molecular complexity index is 1150. The molecule has 3 aliphatic rings. The molecule has 5 rings (SSSR count). The quantitative estimate of drug-likeness (QED) is 0.779. The average Bonchev–Trinajstić information content (AvgIpc) is 3.36. The van der Waals surface area contributed by atoms with Crippen LogP contribution in [0.1, 0.15) is 28.3 Å². The fourth-order valence-electron chi connectivity index (χ4n) is 4.60. The van der Waals surface area contributed by atoms with Crippen LogP contribution in [0.4, 0.5) is 10.5 Å². The maximum atomic E-state index is 13.1. The van der Waals surface area contributed by atoms with Crippen molar-refractivity contribution in [3.8, 4) is 0 Å². The molecule has 1 N–H and O–H groups in total. The summed E-state index contributed by atoms with van der Waals surface area (Å²) in [4.78, 5) is 41.8. The molecule has 0 saturated heterocycles. The van der Waals surface area contributed by atoms with Gasteiger partial charge < -0.3 is 15.0 Å². The molecule has 0 bridgehead atoms. The molecule has 1 atom stereocenters. The molecule has 31 heavy (non-hydrogen) atoms. The normalized spacial score (nSPS) is 19.9. The average molecular weight is 417 g/mol. The molecule has 2 aromatic carbocycles. The molecule has 0 saturated carbocycles. The van der Waals surface area contributed by atoms with Gasteiger partial charge in [0.25, 0.3) is 0 Å². The van der Waals surface area contributed by atoms with E-state index >= 15 is 0 Å². The van der Waals surface area contributed by atoms with Crippen molar-refractivity contribution in [3.63, 3.8) is 0 Å². The van der Waals surface area contributed by atoms with Crippen LogP contribution in [0.2, 0.25) is 0 Å². The van der Waals surface area contributed by atoms with Gasteiger partial charge in [-0.3, -0.25) is 9.69 Å². The number of nitrogens with one attached hydrogen (secondary N) is 1. The lowest BCUT2D eigenvalue weighted by Gasteiger charge is -2.34. The topological polar surface area (TPSA) is 79.0 Å². The number of urea groups is 1. The Balaban J connectivity index is 1.47. The molecular weight excluding hydrogens is 394 g/mol. The van der Waals surface area contributed by atoms with E-state index in [9.17, 15) is 14.4 Å². The SMILES string of the molecule is Cc1ccc(C)c(C2NC(=O)N(CC(=O)N3CCc4ccccc43)C3=C2C(=O)OC3)c1. The number of nitrogens with zero attached hydrogens (tertiary/aromatic N) is 2. The van der Waals surface area contributed by atoms with Gasteiger partial charge in [-0.05, 0) is 43.0 Å². The van der Waals surface area contributed by atoms with Crippen LogP contribution in [0.5, 0.6) is 0 Å². The largest absolute Gasteiger partial charge is 0.456 e. The minimum Gasteiger partial charge on any atom is -0.456 e. The predicted octanol–water partition coefficient (Wildman–Crippen LogP) is 2.77. The zero-order valence-corrected chi connectivity index (χ0v) is 17.5. The summed E-state index contributed by atoms with van der Waals surface area (Å²) in [6.45, 7) is 4.35. The molecule has 1 unspecified atom stereocenters. The summed E-state index contributed by atoms with van der Waals surface area (Å²) in [6.07, 6.45) is 0.790. The smallest absolute Gasteiger partial charge is 0.338 e. The lowest BCUT2D eigenvalue weighted by atomic mass is 9.91. The number of para-hydroxylation sites is 1. The van der Waals surface area contributed by atoms with E-state index in [4.69, 9.17) is 4.74 Å². The van der Waals surface area contributed by atoms with Crippen LogP contribution >= 0.6 is 0 Å². The standard InChI is InChI=1S/C24H23N3O4/c1-14-7-8-15(2)17(11-14)22-21-19(13-31-23(21)29)27(24(30)25-22)12-20(28)26-10-9-16-5-3-4-6-18(16)26/h3-8,11,22H,9-10,12-13H2,1-2H3,(H,25,30). The molecule has 7 heteroatoms. The zero-order valence-electron chi connectivity index (χ0n) is 17.5. The molecule has 7 nitrogen and oxygen atoms in total. The number of ether oxygens (including phenoxy) is 1. The number of carbonyl (C=O) groups excluding carboxylic acids is 3. The first kappa shape index (κ1) is 19.4. The van der Waals surface area contributed by atoms with Crippen LogP contribution in [0.3, 0.4) is 0 Å². The molecule has 3 heterocycles. The van der Waals surface area contributed by atoms with E-state index < -0.39 is 18.0 Å². The first-order chi connectivity index (χ1) is 14.9. The van der Waals surface area contributed by atoms with Gasteiger partial charge in [-0.25, -0.2) is 9.59 Å². The molecule has 158 valence electrons. The Kier molecular flexibility index (Phi) is 4.54. The molecule has 0 aromatic heterocycles. The van der Waals surface area contributed by atoms with Crippen LogP contribution < -0.4 is 10.2 Å². The van der Waals surface area contributed by atoms with Crippen LogP contribution in [0.25, 0.3) is 0 Å². The van der Waals surface area contributed by atoms with Gasteiger partial charge in [0, 0.05) is 12.2 Å². The Labute approximate surface area is 180 Å². The van der Waals surface area contributed by atoms with Crippen molar-refractivity contribution in [2.75, 3.05) is 24.6 Å². The van der Waals surface area contributed by atoms with Gasteiger partial charge in [0.05, 0.1) is 17.3 Å². The van der Waals surface area contributed by atoms with Gasteiger partial charge in [0.2, 0.25) is 5.91 Å². The summed E-state index contributed by atoms with van der Waals surface area (Å²) in [5, 5.41) is 2.93. The Morgan fingerprint density at radius 2 is 1.97 bits per heavy atom. The van der Waals surface area contributed by atoms with Gasteiger partial charge in [-0.1, -0.05) is 42.0 Å². The number of esters is 1. The summed E-state index contributed by atoms with van der Waals surface area (Å²) in [5.74, 6) is -0.638. The highest BCUT2D eigenvalue weighted by molar-refractivity contribution is 6.01. The number of carbonyl (C=O) groups is 3. The Morgan fingerprint density at radius 1 is 1.16 bits per heavy atom. The molecule has 3 amide bonds. The number of amides is 3. The van der Waals surface area contributed by atoms with E-state index in [-0.39, 0.29) is 19.1 Å². The molecular formula is C24H23N3O4. The summed E-state index contributed by atoms with van der Waals surface area (Å²) in [5.41, 5.74) is 5.75. The molecule has 2 aromatic rings. The van der Waals surface area contributed by atoms with Crippen molar-refractivity contribution in [1.29, 1.82) is 0 Å². The second-order valence-electron chi connectivity index (χ2n) is 8.19. The Hall–Kier alpha value is -3.61. The number of rotatable bonds is 3. The fourth-order valence-corrected chi connectivity index (χ4v) is 4.60. The van der Waals surface area contributed by atoms with Crippen molar-refractivity contribution in [1.82, 2.24) is 10.2 Å². The number of cyclic esters (lactones) is 1. The van der Waals surface area contributed by atoms with Gasteiger partial charge in [0.1, 0.15) is 13.2 Å². The third-order valence-corrected chi connectivity index (χ3v) is 6.23. The first-order valence-corrected chi connectivity index (χ1v) is 10.4. The van der Waals surface area contributed by atoms with Crippen molar-refractivity contribution < 1.29 is 19.1 Å². The van der Waals surface area contributed by atoms with Crippen molar-refractivity contribution in [2.45, 2.75) is 26.3 Å². The number of fused-ring (bicyclic) bond motifs is 1. The minimum atomic E-state index is -0.587. The van der Waals surface area contributed by atoms with E-state index in [1.807, 2.05) is 56.3 Å². The van der Waals surface area contributed by atoms with Crippen LogP contribution in [-0.2, 0) is 20.7 Å². The molecule has 0 fully saturated rings. The lowest BCUT2D eigenvalue weighted by Crippen LogP contribution is -2.51. The number of benzene rings is 2. The van der Waals surface area contributed by atoms with Gasteiger partial charge >= 0.3 is 12.0 Å². The zero-order chi connectivity index (χ0) is 21.7. The third kappa shape index (κ3) is 3.17. The lowest BCUT2D eigenvalue weighted by molar-refractivity contribution is -0.136. The summed E-state index contributed by atoms with van der Waals surface area (Å²) >= 11 is 0. The monoisotopic (exact) mass is 417 g/mol. The van der Waals surface area contributed by atoms with E-state index in [0.717, 1.165) is 34.4 Å². The highest BCUT2D eigenvalue weighted by Gasteiger charge is 2.43. The van der Waals surface area contributed by atoms with Gasteiger partial charge in [-0.2, -0.15) is 0 Å². The number of hydrogen-bond acceptors (Lipinski definition) is 4. The van der Waals surface area contributed by atoms with Crippen LogP contribution in [-0.4, -0.2) is 42.5 Å². The van der Waals surface area contributed by atoms with Gasteiger partial charge in [-0.15, -0.1) is 0 Å². The first-order valence-electron chi connectivity index (χ1n) is 10.4. The predicted molar refractivity (Wildman–Crippen MR) is 114 cm³/mol. The summed E-state index contributed by atoms with van der Waals surface area (Å²) in [7, 11) is 0. The fraction of sp³-hybridized carbons (Fsp3) is 0.292. The highest BCUT2D eigenvalue weighted by atomic mass is 16.5. The van der Waals surface area contributed by atoms with Gasteiger partial charge in [0.15, 0.2) is 0 Å². The number of hydrogen-bond donors (Lipinski definition) is 1. The van der Waals surface area contributed by atoms with Crippen molar-refractivity contribution in [2.24, 2.45) is 0 Å². The second kappa shape index (κ2) is 7.27. The van der Waals surface area contributed by atoms with Crippen LogP contribution in [0, 0.1) is 13.8 Å². The minimum absolute atomic E-state index is 0.00713. The molecule has 0 aliphatic carbocycles. The van der Waals surface area contributed by atoms with E-state index in [0.29, 0.717) is 17.8 Å². The maximum absolute atomic E-state index is 13.1. The maximum Gasteiger partial charge on any atom is 0.338 e.